The number of fused-ring (bicyclic) bond motifs is 2. The summed E-state index contributed by atoms with van der Waals surface area (Å²) >= 11 is 0. The van der Waals surface area contributed by atoms with Gasteiger partial charge < -0.3 is 19.4 Å². The van der Waals surface area contributed by atoms with Crippen LogP contribution in [0.1, 0.15) is 29.0 Å². The molecule has 1 amide bonds. The summed E-state index contributed by atoms with van der Waals surface area (Å²) in [6.45, 7) is 0.945. The molecule has 1 atom stereocenters. The van der Waals surface area contributed by atoms with Crippen molar-refractivity contribution >= 4 is 5.91 Å². The predicted octanol–water partition coefficient (Wildman–Crippen LogP) is 2.20. The second kappa shape index (κ2) is 6.95. The van der Waals surface area contributed by atoms with E-state index in [4.69, 9.17) is 9.47 Å². The van der Waals surface area contributed by atoms with Gasteiger partial charge >= 0.3 is 0 Å². The summed E-state index contributed by atoms with van der Waals surface area (Å²) in [5.74, 6) is 2.95. The Bertz CT molecular complexity index is 1020. The molecule has 1 N–H and O–H groups in total. The number of carbonyl (C=O) groups is 1. The Kier molecular flexibility index (Phi) is 4.16. The maximum Gasteiger partial charge on any atom is 0.251 e. The summed E-state index contributed by atoms with van der Waals surface area (Å²) in [6.07, 6.45) is 5.93. The zero-order chi connectivity index (χ0) is 18.9. The second-order valence-electron chi connectivity index (χ2n) is 6.90. The minimum absolute atomic E-state index is 0.0707. The van der Waals surface area contributed by atoms with Crippen molar-refractivity contribution < 1.29 is 14.3 Å². The summed E-state index contributed by atoms with van der Waals surface area (Å²) in [5, 5.41) is 11.8. The first-order valence-corrected chi connectivity index (χ1v) is 9.31. The van der Waals surface area contributed by atoms with Crippen molar-refractivity contribution in [2.45, 2.75) is 31.8 Å². The zero-order valence-electron chi connectivity index (χ0n) is 15.2. The van der Waals surface area contributed by atoms with Crippen molar-refractivity contribution in [2.24, 2.45) is 0 Å². The molecule has 2 aliphatic heterocycles. The minimum Gasteiger partial charge on any atom is -0.454 e. The van der Waals surface area contributed by atoms with Gasteiger partial charge in [0.05, 0.1) is 0 Å². The standard InChI is InChI=1S/C20H19N5O3/c26-20(13-3-5-16-17(10-13)28-12-27-16)22-15-4-6-18-23-24-19(25(18)9-7-15)14-2-1-8-21-11-14/h1-3,5,8,10-11,15H,4,6-7,9,12H2,(H,22,26). The lowest BCUT2D eigenvalue weighted by atomic mass is 10.1. The molecule has 0 aliphatic carbocycles. The fraction of sp³-hybridized carbons (Fsp3) is 0.300. The molecule has 0 bridgehead atoms. The van der Waals surface area contributed by atoms with E-state index in [2.05, 4.69) is 25.1 Å². The number of nitrogens with zero attached hydrogens (tertiary/aromatic N) is 4. The molecule has 3 aromatic rings. The number of pyridine rings is 1. The van der Waals surface area contributed by atoms with Crippen LogP contribution in [0.2, 0.25) is 0 Å². The zero-order valence-corrected chi connectivity index (χ0v) is 15.2. The molecule has 8 heteroatoms. The smallest absolute Gasteiger partial charge is 0.251 e. The van der Waals surface area contributed by atoms with Crippen molar-refractivity contribution in [3.05, 3.63) is 54.1 Å². The lowest BCUT2D eigenvalue weighted by Crippen LogP contribution is -2.35. The van der Waals surface area contributed by atoms with Crippen molar-refractivity contribution in [2.75, 3.05) is 6.79 Å². The van der Waals surface area contributed by atoms with E-state index in [9.17, 15) is 4.79 Å². The van der Waals surface area contributed by atoms with Crippen molar-refractivity contribution in [1.29, 1.82) is 0 Å². The Morgan fingerprint density at radius 3 is 2.96 bits per heavy atom. The van der Waals surface area contributed by atoms with E-state index in [1.807, 2.05) is 12.1 Å². The molecule has 0 radical (unpaired) electrons. The summed E-state index contributed by atoms with van der Waals surface area (Å²) in [7, 11) is 0. The fourth-order valence-corrected chi connectivity index (χ4v) is 3.65. The van der Waals surface area contributed by atoms with E-state index in [0.29, 0.717) is 17.1 Å². The van der Waals surface area contributed by atoms with Crippen LogP contribution in [0.4, 0.5) is 0 Å². The highest BCUT2D eigenvalue weighted by Crippen LogP contribution is 2.32. The number of aryl methyl sites for hydroxylation is 1. The van der Waals surface area contributed by atoms with E-state index >= 15 is 0 Å². The number of nitrogens with one attached hydrogen (secondary N) is 1. The first-order valence-electron chi connectivity index (χ1n) is 9.31. The highest BCUT2D eigenvalue weighted by atomic mass is 16.7. The van der Waals surface area contributed by atoms with Crippen LogP contribution in [0.15, 0.2) is 42.7 Å². The van der Waals surface area contributed by atoms with Gasteiger partial charge in [0.15, 0.2) is 17.3 Å². The normalized spacial score (nSPS) is 17.6. The molecule has 0 spiro atoms. The van der Waals surface area contributed by atoms with E-state index in [1.165, 1.54) is 0 Å². The summed E-state index contributed by atoms with van der Waals surface area (Å²) in [5.41, 5.74) is 1.52. The van der Waals surface area contributed by atoms with Crippen LogP contribution in [0, 0.1) is 0 Å². The SMILES string of the molecule is O=C(NC1CCc2nnc(-c3cccnc3)n2CC1)c1ccc2c(c1)OCO2. The van der Waals surface area contributed by atoms with Gasteiger partial charge in [-0.15, -0.1) is 10.2 Å². The van der Waals surface area contributed by atoms with Crippen LogP contribution in [0.5, 0.6) is 11.5 Å². The quantitative estimate of drug-likeness (QED) is 0.752. The molecule has 28 heavy (non-hydrogen) atoms. The van der Waals surface area contributed by atoms with Gasteiger partial charge in [0.1, 0.15) is 5.82 Å². The van der Waals surface area contributed by atoms with Crippen LogP contribution in [-0.4, -0.2) is 38.5 Å². The van der Waals surface area contributed by atoms with Crippen LogP contribution in [0.25, 0.3) is 11.4 Å². The van der Waals surface area contributed by atoms with Crippen LogP contribution in [-0.2, 0) is 13.0 Å². The third kappa shape index (κ3) is 3.06. The number of hydrogen-bond acceptors (Lipinski definition) is 6. The first kappa shape index (κ1) is 16.7. The molecule has 2 aromatic heterocycles. The monoisotopic (exact) mass is 377 g/mol. The third-order valence-electron chi connectivity index (χ3n) is 5.13. The number of hydrogen-bond donors (Lipinski definition) is 1. The summed E-state index contributed by atoms with van der Waals surface area (Å²) in [6, 6.07) is 9.20. The second-order valence-corrected chi connectivity index (χ2v) is 6.90. The van der Waals surface area contributed by atoms with Gasteiger partial charge in [-0.05, 0) is 43.2 Å². The van der Waals surface area contributed by atoms with Gasteiger partial charge in [-0.1, -0.05) is 0 Å². The molecule has 142 valence electrons. The summed E-state index contributed by atoms with van der Waals surface area (Å²) in [4.78, 5) is 16.8. The topological polar surface area (TPSA) is 91.2 Å². The Labute approximate surface area is 161 Å². The predicted molar refractivity (Wildman–Crippen MR) is 100 cm³/mol. The molecule has 0 fully saturated rings. The van der Waals surface area contributed by atoms with E-state index < -0.39 is 0 Å². The maximum atomic E-state index is 12.7. The molecule has 1 unspecified atom stereocenters. The van der Waals surface area contributed by atoms with Gasteiger partial charge in [0, 0.05) is 42.5 Å². The average Bonchev–Trinajstić information content (AvgIpc) is 3.32. The first-order chi connectivity index (χ1) is 13.8. The summed E-state index contributed by atoms with van der Waals surface area (Å²) < 4.78 is 12.8. The minimum atomic E-state index is -0.103. The van der Waals surface area contributed by atoms with Gasteiger partial charge in [0.25, 0.3) is 5.91 Å². The van der Waals surface area contributed by atoms with Crippen molar-refractivity contribution in [1.82, 2.24) is 25.1 Å². The largest absolute Gasteiger partial charge is 0.454 e. The molecule has 0 saturated heterocycles. The van der Waals surface area contributed by atoms with Gasteiger partial charge in [0.2, 0.25) is 6.79 Å². The number of amides is 1. The average molecular weight is 377 g/mol. The number of benzene rings is 1. The Hall–Kier alpha value is -3.42. The Morgan fingerprint density at radius 1 is 1.14 bits per heavy atom. The third-order valence-corrected chi connectivity index (χ3v) is 5.13. The molecular formula is C20H19N5O3. The van der Waals surface area contributed by atoms with Crippen LogP contribution >= 0.6 is 0 Å². The number of ether oxygens (including phenoxy) is 2. The Morgan fingerprint density at radius 2 is 2.07 bits per heavy atom. The molecule has 2 aliphatic rings. The van der Waals surface area contributed by atoms with Crippen molar-refractivity contribution in [3.8, 4) is 22.9 Å². The van der Waals surface area contributed by atoms with E-state index in [1.54, 1.807) is 30.6 Å². The highest BCUT2D eigenvalue weighted by Gasteiger charge is 2.23. The van der Waals surface area contributed by atoms with E-state index in [0.717, 1.165) is 43.0 Å². The van der Waals surface area contributed by atoms with E-state index in [-0.39, 0.29) is 18.7 Å². The maximum absolute atomic E-state index is 12.7. The lowest BCUT2D eigenvalue weighted by molar-refractivity contribution is 0.0932. The molecule has 5 rings (SSSR count). The van der Waals surface area contributed by atoms with Gasteiger partial charge in [-0.3, -0.25) is 9.78 Å². The number of rotatable bonds is 3. The highest BCUT2D eigenvalue weighted by molar-refractivity contribution is 5.95. The molecule has 4 heterocycles. The number of carbonyl (C=O) groups excluding carboxylic acids is 1. The molecular weight excluding hydrogens is 358 g/mol. The fourth-order valence-electron chi connectivity index (χ4n) is 3.65. The van der Waals surface area contributed by atoms with Crippen LogP contribution < -0.4 is 14.8 Å². The Balaban J connectivity index is 1.29. The van der Waals surface area contributed by atoms with Gasteiger partial charge in [-0.2, -0.15) is 0 Å². The molecule has 8 nitrogen and oxygen atoms in total. The van der Waals surface area contributed by atoms with Crippen LogP contribution in [0.3, 0.4) is 0 Å². The van der Waals surface area contributed by atoms with Crippen molar-refractivity contribution in [3.63, 3.8) is 0 Å². The molecule has 1 aromatic carbocycles. The lowest BCUT2D eigenvalue weighted by Gasteiger charge is -2.16. The molecule has 0 saturated carbocycles. The van der Waals surface area contributed by atoms with Gasteiger partial charge in [-0.25, -0.2) is 0 Å². The number of aromatic nitrogens is 4.